The normalized spacial score (nSPS) is 18.3. The molecule has 2 rings (SSSR count). The molecule has 1 aliphatic rings. The SMILES string of the molecule is O=S(=O)(O)CC1CN(Cc2ccccc2)C1. The largest absolute Gasteiger partial charge is 0.298 e. The van der Waals surface area contributed by atoms with Gasteiger partial charge in [0.1, 0.15) is 0 Å². The van der Waals surface area contributed by atoms with E-state index >= 15 is 0 Å². The van der Waals surface area contributed by atoms with Gasteiger partial charge in [-0.15, -0.1) is 0 Å². The molecule has 4 nitrogen and oxygen atoms in total. The Labute approximate surface area is 95.6 Å². The van der Waals surface area contributed by atoms with Crippen LogP contribution in [0.2, 0.25) is 0 Å². The molecular weight excluding hydrogens is 226 g/mol. The molecule has 1 saturated heterocycles. The zero-order valence-electron chi connectivity index (χ0n) is 8.91. The first kappa shape index (κ1) is 11.6. The first-order valence-electron chi connectivity index (χ1n) is 5.24. The van der Waals surface area contributed by atoms with E-state index in [1.807, 2.05) is 18.2 Å². The summed E-state index contributed by atoms with van der Waals surface area (Å²) in [7, 11) is -3.81. The Balaban J connectivity index is 1.77. The molecule has 0 aliphatic carbocycles. The number of hydrogen-bond acceptors (Lipinski definition) is 3. The molecule has 0 spiro atoms. The Morgan fingerprint density at radius 1 is 1.25 bits per heavy atom. The molecule has 0 amide bonds. The summed E-state index contributed by atoms with van der Waals surface area (Å²) in [5, 5.41) is 0. The van der Waals surface area contributed by atoms with E-state index in [9.17, 15) is 8.42 Å². The van der Waals surface area contributed by atoms with Gasteiger partial charge in [-0.1, -0.05) is 30.3 Å². The van der Waals surface area contributed by atoms with Crippen molar-refractivity contribution in [2.45, 2.75) is 6.54 Å². The Bertz CT molecular complexity index is 438. The molecule has 0 aromatic heterocycles. The van der Waals surface area contributed by atoms with Gasteiger partial charge in [-0.3, -0.25) is 9.45 Å². The number of likely N-dealkylation sites (tertiary alicyclic amines) is 1. The first-order chi connectivity index (χ1) is 7.53. The van der Waals surface area contributed by atoms with Crippen LogP contribution in [0.5, 0.6) is 0 Å². The van der Waals surface area contributed by atoms with Crippen LogP contribution in [0, 0.1) is 5.92 Å². The van der Waals surface area contributed by atoms with Crippen LogP contribution in [0.4, 0.5) is 0 Å². The quantitative estimate of drug-likeness (QED) is 0.799. The highest BCUT2D eigenvalue weighted by Gasteiger charge is 2.29. The van der Waals surface area contributed by atoms with Crippen LogP contribution in [0.1, 0.15) is 5.56 Å². The van der Waals surface area contributed by atoms with Crippen LogP contribution in [0.3, 0.4) is 0 Å². The Morgan fingerprint density at radius 2 is 1.88 bits per heavy atom. The number of nitrogens with zero attached hydrogens (tertiary/aromatic N) is 1. The zero-order valence-corrected chi connectivity index (χ0v) is 9.73. The maximum atomic E-state index is 10.6. The van der Waals surface area contributed by atoms with E-state index in [4.69, 9.17) is 4.55 Å². The second kappa shape index (κ2) is 4.53. The molecule has 5 heteroatoms. The van der Waals surface area contributed by atoms with Gasteiger partial charge in [0.05, 0.1) is 5.75 Å². The average Bonchev–Trinajstić information content (AvgIpc) is 2.14. The third kappa shape index (κ3) is 3.30. The van der Waals surface area contributed by atoms with Gasteiger partial charge in [0.25, 0.3) is 10.1 Å². The minimum Gasteiger partial charge on any atom is -0.298 e. The summed E-state index contributed by atoms with van der Waals surface area (Å²) in [6.07, 6.45) is 0. The van der Waals surface area contributed by atoms with Crippen LogP contribution in [0.25, 0.3) is 0 Å². The molecule has 16 heavy (non-hydrogen) atoms. The van der Waals surface area contributed by atoms with Crippen molar-refractivity contribution < 1.29 is 13.0 Å². The fourth-order valence-electron chi connectivity index (χ4n) is 2.05. The molecule has 1 aromatic carbocycles. The van der Waals surface area contributed by atoms with Crippen LogP contribution in [0.15, 0.2) is 30.3 Å². The van der Waals surface area contributed by atoms with Gasteiger partial charge >= 0.3 is 0 Å². The molecule has 1 N–H and O–H groups in total. The fraction of sp³-hybridized carbons (Fsp3) is 0.455. The van der Waals surface area contributed by atoms with Crippen molar-refractivity contribution in [3.8, 4) is 0 Å². The molecular formula is C11H15NO3S. The van der Waals surface area contributed by atoms with E-state index in [0.717, 1.165) is 19.6 Å². The molecule has 1 heterocycles. The molecule has 0 bridgehead atoms. The van der Waals surface area contributed by atoms with Crippen molar-refractivity contribution >= 4 is 10.1 Å². The molecule has 88 valence electrons. The lowest BCUT2D eigenvalue weighted by Gasteiger charge is -2.38. The average molecular weight is 241 g/mol. The molecule has 0 unspecified atom stereocenters. The predicted molar refractivity (Wildman–Crippen MR) is 61.6 cm³/mol. The molecule has 1 fully saturated rings. The standard InChI is InChI=1S/C11H15NO3S/c13-16(14,15)9-11-7-12(8-11)6-10-4-2-1-3-5-10/h1-5,11H,6-9H2,(H,13,14,15). The summed E-state index contributed by atoms with van der Waals surface area (Å²) < 4.78 is 30.0. The summed E-state index contributed by atoms with van der Waals surface area (Å²) in [4.78, 5) is 2.17. The van der Waals surface area contributed by atoms with E-state index in [0.29, 0.717) is 0 Å². The fourth-order valence-corrected chi connectivity index (χ4v) is 2.86. The summed E-state index contributed by atoms with van der Waals surface area (Å²) in [5.41, 5.74) is 1.23. The molecule has 1 aromatic rings. The third-order valence-corrected chi connectivity index (χ3v) is 3.62. The lowest BCUT2D eigenvalue weighted by Crippen LogP contribution is -2.48. The smallest absolute Gasteiger partial charge is 0.265 e. The lowest BCUT2D eigenvalue weighted by atomic mass is 10.0. The minimum atomic E-state index is -3.81. The van der Waals surface area contributed by atoms with Crippen LogP contribution in [-0.4, -0.2) is 36.7 Å². The van der Waals surface area contributed by atoms with Crippen molar-refractivity contribution in [1.82, 2.24) is 4.90 Å². The van der Waals surface area contributed by atoms with Gasteiger partial charge in [-0.2, -0.15) is 8.42 Å². The van der Waals surface area contributed by atoms with Crippen LogP contribution >= 0.6 is 0 Å². The van der Waals surface area contributed by atoms with Crippen molar-refractivity contribution in [3.05, 3.63) is 35.9 Å². The van der Waals surface area contributed by atoms with Crippen molar-refractivity contribution in [3.63, 3.8) is 0 Å². The monoisotopic (exact) mass is 241 g/mol. The van der Waals surface area contributed by atoms with Crippen molar-refractivity contribution in [1.29, 1.82) is 0 Å². The predicted octanol–water partition coefficient (Wildman–Crippen LogP) is 1.01. The summed E-state index contributed by atoms with van der Waals surface area (Å²) in [5.74, 6) is -0.0307. The first-order valence-corrected chi connectivity index (χ1v) is 6.85. The topological polar surface area (TPSA) is 57.6 Å². The molecule has 0 atom stereocenters. The van der Waals surface area contributed by atoms with E-state index in [1.165, 1.54) is 5.56 Å². The molecule has 0 radical (unpaired) electrons. The van der Waals surface area contributed by atoms with E-state index in [-0.39, 0.29) is 11.7 Å². The van der Waals surface area contributed by atoms with Gasteiger partial charge in [-0.05, 0) is 5.56 Å². The zero-order chi connectivity index (χ0) is 11.6. The van der Waals surface area contributed by atoms with Crippen LogP contribution < -0.4 is 0 Å². The van der Waals surface area contributed by atoms with E-state index in [1.54, 1.807) is 0 Å². The van der Waals surface area contributed by atoms with E-state index in [2.05, 4.69) is 17.0 Å². The highest BCUT2D eigenvalue weighted by molar-refractivity contribution is 7.85. The van der Waals surface area contributed by atoms with Gasteiger partial charge in [0.2, 0.25) is 0 Å². The highest BCUT2D eigenvalue weighted by atomic mass is 32.2. The molecule has 1 aliphatic heterocycles. The van der Waals surface area contributed by atoms with Gasteiger partial charge in [0.15, 0.2) is 0 Å². The minimum absolute atomic E-state index is 0.0821. The lowest BCUT2D eigenvalue weighted by molar-refractivity contribution is 0.105. The van der Waals surface area contributed by atoms with Crippen molar-refractivity contribution in [2.24, 2.45) is 5.92 Å². The second-order valence-electron chi connectivity index (χ2n) is 4.29. The summed E-state index contributed by atoms with van der Waals surface area (Å²) >= 11 is 0. The van der Waals surface area contributed by atoms with Crippen molar-refractivity contribution in [2.75, 3.05) is 18.8 Å². The summed E-state index contributed by atoms with van der Waals surface area (Å²) in [6.45, 7) is 2.34. The van der Waals surface area contributed by atoms with Gasteiger partial charge < -0.3 is 0 Å². The number of benzene rings is 1. The summed E-state index contributed by atoms with van der Waals surface area (Å²) in [6, 6.07) is 10.1. The second-order valence-corrected chi connectivity index (χ2v) is 5.79. The number of hydrogen-bond donors (Lipinski definition) is 1. The third-order valence-electron chi connectivity index (χ3n) is 2.73. The van der Waals surface area contributed by atoms with E-state index < -0.39 is 10.1 Å². The maximum Gasteiger partial charge on any atom is 0.265 e. The van der Waals surface area contributed by atoms with Crippen LogP contribution in [-0.2, 0) is 16.7 Å². The van der Waals surface area contributed by atoms with Gasteiger partial charge in [-0.25, -0.2) is 0 Å². The van der Waals surface area contributed by atoms with Gasteiger partial charge in [0, 0.05) is 25.6 Å². The number of rotatable bonds is 4. The Kier molecular flexibility index (Phi) is 3.28. The maximum absolute atomic E-state index is 10.6. The Hall–Kier alpha value is -0.910. The Morgan fingerprint density at radius 3 is 2.44 bits per heavy atom. The molecule has 0 saturated carbocycles. The highest BCUT2D eigenvalue weighted by Crippen LogP contribution is 2.19.